The molecule has 2 fully saturated rings. The molecule has 2 bridgehead atoms. The lowest BCUT2D eigenvalue weighted by Gasteiger charge is -2.30. The molecule has 4 atom stereocenters. The van der Waals surface area contributed by atoms with E-state index in [-0.39, 0.29) is 12.0 Å². The van der Waals surface area contributed by atoms with E-state index < -0.39 is 0 Å². The van der Waals surface area contributed by atoms with Crippen LogP contribution in [0.25, 0.3) is 0 Å². The summed E-state index contributed by atoms with van der Waals surface area (Å²) in [7, 11) is 1.94. The summed E-state index contributed by atoms with van der Waals surface area (Å²) in [5.41, 5.74) is 1.20. The zero-order valence-electron chi connectivity index (χ0n) is 11.7. The summed E-state index contributed by atoms with van der Waals surface area (Å²) in [6, 6.07) is 11.4. The van der Waals surface area contributed by atoms with Gasteiger partial charge in [-0.15, -0.1) is 0 Å². The quantitative estimate of drug-likeness (QED) is 0.902. The van der Waals surface area contributed by atoms with Crippen molar-refractivity contribution in [1.82, 2.24) is 10.2 Å². The Labute approximate surface area is 115 Å². The summed E-state index contributed by atoms with van der Waals surface area (Å²) < 4.78 is 0. The molecule has 2 heterocycles. The van der Waals surface area contributed by atoms with Gasteiger partial charge in [0.05, 0.1) is 12.0 Å². The van der Waals surface area contributed by atoms with Gasteiger partial charge in [0, 0.05) is 19.1 Å². The molecule has 0 aromatic heterocycles. The normalized spacial score (nSPS) is 30.3. The number of carbonyl (C=O) groups excluding carboxylic acids is 1. The third kappa shape index (κ3) is 2.27. The first kappa shape index (κ1) is 12.7. The highest BCUT2D eigenvalue weighted by Gasteiger charge is 2.44. The molecule has 2 saturated heterocycles. The van der Waals surface area contributed by atoms with Gasteiger partial charge in [0.1, 0.15) is 0 Å². The van der Waals surface area contributed by atoms with Crippen molar-refractivity contribution in [3.63, 3.8) is 0 Å². The molecule has 1 N–H and O–H groups in total. The Bertz CT molecular complexity index is 459. The van der Waals surface area contributed by atoms with E-state index in [2.05, 4.69) is 24.4 Å². The Morgan fingerprint density at radius 2 is 2.05 bits per heavy atom. The molecule has 0 saturated carbocycles. The van der Waals surface area contributed by atoms with Crippen LogP contribution in [0.15, 0.2) is 30.3 Å². The van der Waals surface area contributed by atoms with Crippen LogP contribution in [0.2, 0.25) is 0 Å². The molecule has 0 radical (unpaired) electrons. The van der Waals surface area contributed by atoms with E-state index in [0.29, 0.717) is 18.0 Å². The van der Waals surface area contributed by atoms with Crippen LogP contribution < -0.4 is 5.32 Å². The molecule has 3 rings (SSSR count). The fourth-order valence-electron chi connectivity index (χ4n) is 3.50. The molecule has 1 aromatic rings. The first-order valence-electron chi connectivity index (χ1n) is 7.24. The summed E-state index contributed by atoms with van der Waals surface area (Å²) in [5.74, 6) is 0.492. The van der Waals surface area contributed by atoms with Crippen LogP contribution in [-0.4, -0.2) is 29.9 Å². The molecule has 0 spiro atoms. The minimum Gasteiger partial charge on any atom is -0.339 e. The number of carbonyl (C=O) groups is 1. The first-order chi connectivity index (χ1) is 9.16. The summed E-state index contributed by atoms with van der Waals surface area (Å²) in [4.78, 5) is 14.6. The summed E-state index contributed by atoms with van der Waals surface area (Å²) in [6.07, 6.45) is 3.43. The molecule has 4 unspecified atom stereocenters. The Morgan fingerprint density at radius 3 is 2.63 bits per heavy atom. The van der Waals surface area contributed by atoms with Crippen LogP contribution in [0.5, 0.6) is 0 Å². The van der Waals surface area contributed by atoms with Gasteiger partial charge in [-0.05, 0) is 31.7 Å². The molecular weight excluding hydrogens is 236 g/mol. The van der Waals surface area contributed by atoms with E-state index in [1.165, 1.54) is 12.0 Å². The highest BCUT2D eigenvalue weighted by Crippen LogP contribution is 2.35. The number of nitrogens with zero attached hydrogens (tertiary/aromatic N) is 1. The standard InChI is InChI=1S/C16H22N2O/c1-11(12-6-4-3-5-7-12)18(2)16(19)14-10-13-8-9-15(14)17-13/h3-7,11,13-15,17H,8-10H2,1-2H3. The minimum absolute atomic E-state index is 0.146. The SMILES string of the molecule is CC(c1ccccc1)N(C)C(=O)C1CC2CCC1N2. The summed E-state index contributed by atoms with van der Waals surface area (Å²) in [6.45, 7) is 2.11. The van der Waals surface area contributed by atoms with Crippen molar-refractivity contribution in [3.8, 4) is 0 Å². The maximum atomic E-state index is 12.6. The zero-order chi connectivity index (χ0) is 13.4. The van der Waals surface area contributed by atoms with Crippen LogP contribution in [-0.2, 0) is 4.79 Å². The highest BCUT2D eigenvalue weighted by molar-refractivity contribution is 5.80. The topological polar surface area (TPSA) is 32.3 Å². The largest absolute Gasteiger partial charge is 0.339 e. The predicted octanol–water partition coefficient (Wildman–Crippen LogP) is 2.35. The predicted molar refractivity (Wildman–Crippen MR) is 75.7 cm³/mol. The van der Waals surface area contributed by atoms with Crippen LogP contribution in [0.3, 0.4) is 0 Å². The average molecular weight is 258 g/mol. The smallest absolute Gasteiger partial charge is 0.227 e. The van der Waals surface area contributed by atoms with E-state index in [4.69, 9.17) is 0 Å². The minimum atomic E-state index is 0.146. The van der Waals surface area contributed by atoms with Gasteiger partial charge in [0.15, 0.2) is 0 Å². The van der Waals surface area contributed by atoms with Gasteiger partial charge in [0.25, 0.3) is 0 Å². The number of rotatable bonds is 3. The molecule has 19 heavy (non-hydrogen) atoms. The summed E-state index contributed by atoms with van der Waals surface area (Å²) in [5, 5.41) is 3.54. The Kier molecular flexibility index (Phi) is 3.31. The lowest BCUT2D eigenvalue weighted by Crippen LogP contribution is -2.40. The monoisotopic (exact) mass is 258 g/mol. The van der Waals surface area contributed by atoms with Crippen molar-refractivity contribution in [2.75, 3.05) is 7.05 Å². The highest BCUT2D eigenvalue weighted by atomic mass is 16.2. The van der Waals surface area contributed by atoms with Gasteiger partial charge >= 0.3 is 0 Å². The fraction of sp³-hybridized carbons (Fsp3) is 0.562. The number of hydrogen-bond donors (Lipinski definition) is 1. The third-order valence-corrected chi connectivity index (χ3v) is 4.83. The van der Waals surface area contributed by atoms with E-state index in [1.54, 1.807) is 0 Å². The first-order valence-corrected chi connectivity index (χ1v) is 7.24. The van der Waals surface area contributed by atoms with Crippen LogP contribution >= 0.6 is 0 Å². The fourth-order valence-corrected chi connectivity index (χ4v) is 3.50. The maximum absolute atomic E-state index is 12.6. The molecule has 102 valence electrons. The molecular formula is C16H22N2O. The van der Waals surface area contributed by atoms with Crippen molar-refractivity contribution in [1.29, 1.82) is 0 Å². The van der Waals surface area contributed by atoms with E-state index in [1.807, 2.05) is 30.1 Å². The van der Waals surface area contributed by atoms with E-state index in [9.17, 15) is 4.79 Å². The Balaban J connectivity index is 1.70. The summed E-state index contributed by atoms with van der Waals surface area (Å²) >= 11 is 0. The zero-order valence-corrected chi connectivity index (χ0v) is 11.7. The molecule has 3 nitrogen and oxygen atoms in total. The molecule has 0 aliphatic carbocycles. The van der Waals surface area contributed by atoms with Gasteiger partial charge in [-0.3, -0.25) is 4.79 Å². The number of nitrogens with one attached hydrogen (secondary N) is 1. The molecule has 2 aliphatic heterocycles. The lowest BCUT2D eigenvalue weighted by molar-refractivity contribution is -0.136. The van der Waals surface area contributed by atoms with Crippen molar-refractivity contribution in [3.05, 3.63) is 35.9 Å². The van der Waals surface area contributed by atoms with Crippen molar-refractivity contribution < 1.29 is 4.79 Å². The molecule has 2 aliphatic rings. The van der Waals surface area contributed by atoms with Gasteiger partial charge in [-0.25, -0.2) is 0 Å². The second-order valence-corrected chi connectivity index (χ2v) is 5.93. The van der Waals surface area contributed by atoms with Crippen LogP contribution in [0.4, 0.5) is 0 Å². The number of benzene rings is 1. The van der Waals surface area contributed by atoms with Gasteiger partial charge in [-0.1, -0.05) is 30.3 Å². The van der Waals surface area contributed by atoms with E-state index in [0.717, 1.165) is 12.8 Å². The lowest BCUT2D eigenvalue weighted by atomic mass is 9.87. The third-order valence-electron chi connectivity index (χ3n) is 4.83. The maximum Gasteiger partial charge on any atom is 0.227 e. The molecule has 3 heteroatoms. The van der Waals surface area contributed by atoms with Crippen LogP contribution in [0.1, 0.15) is 37.8 Å². The van der Waals surface area contributed by atoms with Crippen LogP contribution in [0, 0.1) is 5.92 Å². The van der Waals surface area contributed by atoms with Gasteiger partial charge in [0.2, 0.25) is 5.91 Å². The number of fused-ring (bicyclic) bond motifs is 2. The molecule has 1 aromatic carbocycles. The van der Waals surface area contributed by atoms with Crippen molar-refractivity contribution in [2.45, 2.75) is 44.3 Å². The second kappa shape index (κ2) is 4.97. The van der Waals surface area contributed by atoms with Crippen molar-refractivity contribution in [2.24, 2.45) is 5.92 Å². The second-order valence-electron chi connectivity index (χ2n) is 5.93. The van der Waals surface area contributed by atoms with Crippen molar-refractivity contribution >= 4 is 5.91 Å². The van der Waals surface area contributed by atoms with Gasteiger partial charge < -0.3 is 10.2 Å². The van der Waals surface area contributed by atoms with E-state index >= 15 is 0 Å². The van der Waals surface area contributed by atoms with Gasteiger partial charge in [-0.2, -0.15) is 0 Å². The Morgan fingerprint density at radius 1 is 1.32 bits per heavy atom. The number of amides is 1. The average Bonchev–Trinajstić information content (AvgIpc) is 3.08. The molecule has 1 amide bonds. The Hall–Kier alpha value is -1.35. The number of hydrogen-bond acceptors (Lipinski definition) is 2.